The monoisotopic (exact) mass is 396 g/mol. The molecule has 148 valence electrons. The molecule has 0 bridgehead atoms. The Balaban J connectivity index is 0.000000161. The number of hydrogen-bond donors (Lipinski definition) is 1. The van der Waals surface area contributed by atoms with E-state index in [2.05, 4.69) is 24.8 Å². The maximum absolute atomic E-state index is 11.1. The fourth-order valence-corrected chi connectivity index (χ4v) is 3.21. The summed E-state index contributed by atoms with van der Waals surface area (Å²) in [7, 11) is 2.84. The molecule has 0 saturated heterocycles. The van der Waals surface area contributed by atoms with Gasteiger partial charge in [0.1, 0.15) is 0 Å². The van der Waals surface area contributed by atoms with Crippen LogP contribution in [-0.2, 0) is 19.1 Å². The average Bonchev–Trinajstić information content (AvgIpc) is 3.33. The number of aromatic amines is 1. The van der Waals surface area contributed by atoms with E-state index in [9.17, 15) is 9.59 Å². The number of nitrogens with one attached hydrogen (secondary N) is 1. The summed E-state index contributed by atoms with van der Waals surface area (Å²) in [6.45, 7) is 0. The Morgan fingerprint density at radius 2 is 1.67 bits per heavy atom. The van der Waals surface area contributed by atoms with Gasteiger partial charge in [0.25, 0.3) is 0 Å². The Labute approximate surface area is 163 Å². The molecular weight excluding hydrogens is 372 g/mol. The number of rotatable bonds is 3. The molecular formula is C18H25ClN4O4. The summed E-state index contributed by atoms with van der Waals surface area (Å²) in [5, 5.41) is 10.5. The van der Waals surface area contributed by atoms with Crippen molar-refractivity contribution in [3.8, 4) is 0 Å². The minimum atomic E-state index is -0.119. The molecule has 2 aliphatic carbocycles. The summed E-state index contributed by atoms with van der Waals surface area (Å²) in [5.74, 6) is -0.0491. The maximum Gasteiger partial charge on any atom is 0.308 e. The second-order valence-electron chi connectivity index (χ2n) is 6.39. The van der Waals surface area contributed by atoms with Crippen LogP contribution in [0.25, 0.3) is 0 Å². The fraction of sp³-hybridized carbons (Fsp3) is 0.556. The summed E-state index contributed by atoms with van der Waals surface area (Å²) < 4.78 is 11.1. The van der Waals surface area contributed by atoms with Crippen LogP contribution in [0.2, 0.25) is 0 Å². The van der Waals surface area contributed by atoms with Gasteiger partial charge in [-0.15, -0.1) is 11.6 Å². The predicted octanol–water partition coefficient (Wildman–Crippen LogP) is 2.59. The second-order valence-corrected chi connectivity index (χ2v) is 7.00. The van der Waals surface area contributed by atoms with Gasteiger partial charge in [-0.1, -0.05) is 0 Å². The second kappa shape index (κ2) is 10.7. The van der Waals surface area contributed by atoms with Gasteiger partial charge in [-0.3, -0.25) is 19.4 Å². The van der Waals surface area contributed by atoms with Crippen molar-refractivity contribution in [3.63, 3.8) is 0 Å². The number of carbonyl (C=O) groups excluding carboxylic acids is 2. The van der Waals surface area contributed by atoms with Crippen LogP contribution < -0.4 is 0 Å². The molecule has 0 atom stereocenters. The van der Waals surface area contributed by atoms with E-state index in [4.69, 9.17) is 11.6 Å². The van der Waals surface area contributed by atoms with Crippen molar-refractivity contribution in [2.75, 3.05) is 14.2 Å². The largest absolute Gasteiger partial charge is 0.469 e. The third-order valence-electron chi connectivity index (χ3n) is 4.57. The molecule has 2 aliphatic rings. The molecule has 2 fully saturated rings. The minimum Gasteiger partial charge on any atom is -0.469 e. The molecule has 4 rings (SSSR count). The van der Waals surface area contributed by atoms with E-state index in [1.54, 1.807) is 18.6 Å². The summed E-state index contributed by atoms with van der Waals surface area (Å²) in [6.07, 6.45) is 10.4. The lowest BCUT2D eigenvalue weighted by Gasteiger charge is -2.33. The van der Waals surface area contributed by atoms with Gasteiger partial charge in [-0.25, -0.2) is 0 Å². The first-order valence-corrected chi connectivity index (χ1v) is 9.21. The van der Waals surface area contributed by atoms with Crippen LogP contribution in [0.15, 0.2) is 36.9 Å². The third kappa shape index (κ3) is 6.39. The molecule has 2 heterocycles. The molecule has 9 heteroatoms. The molecule has 1 N–H and O–H groups in total. The third-order valence-corrected chi connectivity index (χ3v) is 4.92. The lowest BCUT2D eigenvalue weighted by molar-refractivity contribution is -0.150. The highest BCUT2D eigenvalue weighted by atomic mass is 35.5. The van der Waals surface area contributed by atoms with Gasteiger partial charge in [0.15, 0.2) is 0 Å². The van der Waals surface area contributed by atoms with Gasteiger partial charge in [-0.05, 0) is 37.8 Å². The zero-order chi connectivity index (χ0) is 19.6. The molecule has 2 saturated carbocycles. The zero-order valence-corrected chi connectivity index (χ0v) is 16.2. The molecule has 27 heavy (non-hydrogen) atoms. The maximum atomic E-state index is 11.1. The topological polar surface area (TPSA) is 99.1 Å². The van der Waals surface area contributed by atoms with E-state index in [0.29, 0.717) is 6.04 Å². The highest BCUT2D eigenvalue weighted by Crippen LogP contribution is 2.37. The highest BCUT2D eigenvalue weighted by Gasteiger charge is 2.36. The molecule has 2 aromatic rings. The number of aromatic nitrogens is 4. The van der Waals surface area contributed by atoms with E-state index in [0.717, 1.165) is 25.7 Å². The number of nitrogens with zero attached hydrogens (tertiary/aromatic N) is 3. The van der Waals surface area contributed by atoms with E-state index in [1.807, 2.05) is 23.0 Å². The van der Waals surface area contributed by atoms with Gasteiger partial charge in [0, 0.05) is 30.2 Å². The van der Waals surface area contributed by atoms with E-state index in [1.165, 1.54) is 14.2 Å². The van der Waals surface area contributed by atoms with Crippen LogP contribution in [0.1, 0.15) is 31.7 Å². The lowest BCUT2D eigenvalue weighted by atomic mass is 9.80. The van der Waals surface area contributed by atoms with E-state index in [-0.39, 0.29) is 29.2 Å². The Bertz CT molecular complexity index is 648. The number of alkyl halides is 1. The first-order chi connectivity index (χ1) is 13.0. The first-order valence-electron chi connectivity index (χ1n) is 8.77. The Kier molecular flexibility index (Phi) is 8.32. The van der Waals surface area contributed by atoms with Crippen molar-refractivity contribution in [1.29, 1.82) is 0 Å². The van der Waals surface area contributed by atoms with Gasteiger partial charge in [0.2, 0.25) is 0 Å². The fourth-order valence-electron chi connectivity index (χ4n) is 2.78. The molecule has 0 amide bonds. The van der Waals surface area contributed by atoms with Gasteiger partial charge in [-0.2, -0.15) is 10.2 Å². The van der Waals surface area contributed by atoms with Gasteiger partial charge < -0.3 is 9.47 Å². The number of hydrogen-bond acceptors (Lipinski definition) is 6. The number of carbonyl (C=O) groups is 2. The molecule has 0 aromatic carbocycles. The van der Waals surface area contributed by atoms with Crippen molar-refractivity contribution in [1.82, 2.24) is 20.0 Å². The molecule has 0 radical (unpaired) electrons. The van der Waals surface area contributed by atoms with Crippen LogP contribution in [0.4, 0.5) is 0 Å². The lowest BCUT2D eigenvalue weighted by Crippen LogP contribution is -2.33. The Morgan fingerprint density at radius 3 is 2.04 bits per heavy atom. The normalized spacial score (nSPS) is 25.3. The minimum absolute atomic E-state index is 0.0810. The average molecular weight is 397 g/mol. The predicted molar refractivity (Wildman–Crippen MR) is 99.0 cm³/mol. The van der Waals surface area contributed by atoms with Crippen molar-refractivity contribution >= 4 is 23.5 Å². The number of esters is 2. The van der Waals surface area contributed by atoms with Crippen molar-refractivity contribution in [2.24, 2.45) is 11.8 Å². The van der Waals surface area contributed by atoms with Gasteiger partial charge >= 0.3 is 11.9 Å². The Hall–Kier alpha value is -2.35. The molecule has 0 unspecified atom stereocenters. The number of methoxy groups -OCH3 is 2. The van der Waals surface area contributed by atoms with Crippen molar-refractivity contribution in [2.45, 2.75) is 37.1 Å². The first kappa shape index (κ1) is 21.0. The quantitative estimate of drug-likeness (QED) is 0.632. The smallest absolute Gasteiger partial charge is 0.308 e. The number of H-pyrrole nitrogens is 1. The SMILES string of the molecule is COC(=O)C1CC(Cl)C1.COC(=O)C1CC(n2cccn2)C1.c1cn[nH]c1. The highest BCUT2D eigenvalue weighted by molar-refractivity contribution is 6.21. The van der Waals surface area contributed by atoms with Crippen molar-refractivity contribution in [3.05, 3.63) is 36.9 Å². The van der Waals surface area contributed by atoms with Crippen LogP contribution in [0.3, 0.4) is 0 Å². The Morgan fingerprint density at radius 1 is 1.04 bits per heavy atom. The zero-order valence-electron chi connectivity index (χ0n) is 15.5. The van der Waals surface area contributed by atoms with Crippen LogP contribution >= 0.6 is 11.6 Å². The van der Waals surface area contributed by atoms with Crippen molar-refractivity contribution < 1.29 is 19.1 Å². The van der Waals surface area contributed by atoms with E-state index < -0.39 is 0 Å². The number of ether oxygens (including phenoxy) is 2. The van der Waals surface area contributed by atoms with E-state index >= 15 is 0 Å². The van der Waals surface area contributed by atoms with Crippen LogP contribution in [-0.4, -0.2) is 51.5 Å². The standard InChI is InChI=1S/C9H12N2O2.C6H9ClO2.C3H4N2/c1-13-9(12)7-5-8(6-7)11-4-2-3-10-11;1-9-6(8)4-2-5(7)3-4;1-2-4-5-3-1/h2-4,7-8H,5-6H2,1H3;4-5H,2-3H2,1H3;1-3H,(H,4,5). The summed E-state index contributed by atoms with van der Waals surface area (Å²) in [6, 6.07) is 4.12. The van der Waals surface area contributed by atoms with Crippen LogP contribution in [0, 0.1) is 11.8 Å². The van der Waals surface area contributed by atoms with Gasteiger partial charge in [0.05, 0.1) is 32.1 Å². The summed E-state index contributed by atoms with van der Waals surface area (Å²) in [4.78, 5) is 21.7. The van der Waals surface area contributed by atoms with Crippen LogP contribution in [0.5, 0.6) is 0 Å². The summed E-state index contributed by atoms with van der Waals surface area (Å²) >= 11 is 5.64. The molecule has 2 aromatic heterocycles. The molecule has 0 spiro atoms. The summed E-state index contributed by atoms with van der Waals surface area (Å²) in [5.41, 5.74) is 0. The number of halogens is 1. The molecule has 0 aliphatic heterocycles. The molecule has 8 nitrogen and oxygen atoms in total.